The van der Waals surface area contributed by atoms with Crippen LogP contribution in [-0.2, 0) is 11.2 Å². The maximum atomic E-state index is 12.4. The van der Waals surface area contributed by atoms with Crippen LogP contribution >= 0.6 is 15.9 Å². The van der Waals surface area contributed by atoms with Crippen LogP contribution in [0.15, 0.2) is 47.1 Å². The van der Waals surface area contributed by atoms with Crippen LogP contribution in [-0.4, -0.2) is 34.9 Å². The van der Waals surface area contributed by atoms with Gasteiger partial charge in [0.1, 0.15) is 11.9 Å². The smallest absolute Gasteiger partial charge is 0.226 e. The molecule has 128 valence electrons. The minimum Gasteiger partial charge on any atom is -0.367 e. The Morgan fingerprint density at radius 3 is 2.56 bits per heavy atom. The molecule has 0 atom stereocenters. The second-order valence-electron chi connectivity index (χ2n) is 6.15. The molecule has 0 radical (unpaired) electrons. The highest BCUT2D eigenvalue weighted by atomic mass is 79.9. The molecule has 2 aromatic rings. The molecule has 3 rings (SSSR count). The number of hydrogen-bond acceptors (Lipinski definition) is 4. The van der Waals surface area contributed by atoms with Crippen molar-refractivity contribution in [1.82, 2.24) is 9.88 Å². The fraction of sp³-hybridized carbons (Fsp3) is 0.316. The fourth-order valence-corrected chi connectivity index (χ4v) is 3.18. The van der Waals surface area contributed by atoms with E-state index in [1.54, 1.807) is 12.3 Å². The zero-order valence-corrected chi connectivity index (χ0v) is 15.4. The number of likely N-dealkylation sites (tertiary alicyclic amines) is 1. The molecule has 1 fully saturated rings. The number of halogens is 1. The number of piperidine rings is 1. The highest BCUT2D eigenvalue weighted by Crippen LogP contribution is 2.17. The van der Waals surface area contributed by atoms with Crippen LogP contribution in [0.4, 0.5) is 5.82 Å². The molecule has 0 bridgehead atoms. The van der Waals surface area contributed by atoms with E-state index in [0.717, 1.165) is 41.8 Å². The van der Waals surface area contributed by atoms with Crippen LogP contribution in [0.25, 0.3) is 0 Å². The fourth-order valence-electron chi connectivity index (χ4n) is 2.92. The molecule has 0 unspecified atom stereocenters. The summed E-state index contributed by atoms with van der Waals surface area (Å²) < 4.78 is 1.02. The van der Waals surface area contributed by atoms with E-state index in [2.05, 4.69) is 32.3 Å². The van der Waals surface area contributed by atoms with E-state index >= 15 is 0 Å². The van der Waals surface area contributed by atoms with Crippen molar-refractivity contribution in [2.24, 2.45) is 0 Å². The van der Waals surface area contributed by atoms with Gasteiger partial charge in [-0.25, -0.2) is 4.98 Å². The summed E-state index contributed by atoms with van der Waals surface area (Å²) in [5, 5.41) is 12.2. The van der Waals surface area contributed by atoms with Crippen LogP contribution in [0.2, 0.25) is 0 Å². The van der Waals surface area contributed by atoms with E-state index in [1.165, 1.54) is 0 Å². The number of anilines is 1. The summed E-state index contributed by atoms with van der Waals surface area (Å²) in [5.41, 5.74) is 1.59. The molecule has 0 spiro atoms. The predicted octanol–water partition coefficient (Wildman–Crippen LogP) is 3.36. The van der Waals surface area contributed by atoms with Gasteiger partial charge in [-0.2, -0.15) is 5.26 Å². The van der Waals surface area contributed by atoms with Crippen molar-refractivity contribution in [1.29, 1.82) is 5.26 Å². The van der Waals surface area contributed by atoms with Crippen LogP contribution in [0.1, 0.15) is 24.0 Å². The Hall–Kier alpha value is -2.39. The molecule has 1 saturated heterocycles. The molecule has 1 aromatic heterocycles. The van der Waals surface area contributed by atoms with Crippen molar-refractivity contribution in [3.8, 4) is 6.07 Å². The lowest BCUT2D eigenvalue weighted by molar-refractivity contribution is -0.131. The van der Waals surface area contributed by atoms with Gasteiger partial charge >= 0.3 is 0 Å². The molecule has 2 heterocycles. The average Bonchev–Trinajstić information content (AvgIpc) is 2.65. The first-order chi connectivity index (χ1) is 12.1. The lowest BCUT2D eigenvalue weighted by atomic mass is 10.0. The Morgan fingerprint density at radius 1 is 1.24 bits per heavy atom. The molecule has 6 heteroatoms. The molecule has 1 aromatic carbocycles. The van der Waals surface area contributed by atoms with Gasteiger partial charge in [-0.05, 0) is 42.7 Å². The summed E-state index contributed by atoms with van der Waals surface area (Å²) in [4.78, 5) is 18.6. The minimum absolute atomic E-state index is 0.178. The molecular formula is C19H19BrN4O. The third-order valence-corrected chi connectivity index (χ3v) is 4.89. The number of rotatable bonds is 4. The van der Waals surface area contributed by atoms with Crippen molar-refractivity contribution in [3.05, 3.63) is 58.2 Å². The van der Waals surface area contributed by atoms with Crippen molar-refractivity contribution in [2.75, 3.05) is 18.4 Å². The molecule has 0 saturated carbocycles. The van der Waals surface area contributed by atoms with E-state index in [1.807, 2.05) is 35.2 Å². The number of aromatic nitrogens is 1. The molecule has 1 aliphatic rings. The summed E-state index contributed by atoms with van der Waals surface area (Å²) in [6.45, 7) is 1.51. The molecule has 5 nitrogen and oxygen atoms in total. The number of carbonyl (C=O) groups excluding carboxylic acids is 1. The maximum absolute atomic E-state index is 12.4. The number of benzene rings is 1. The molecule has 25 heavy (non-hydrogen) atoms. The van der Waals surface area contributed by atoms with Crippen molar-refractivity contribution in [2.45, 2.75) is 25.3 Å². The Morgan fingerprint density at radius 2 is 1.96 bits per heavy atom. The zero-order chi connectivity index (χ0) is 17.6. The van der Waals surface area contributed by atoms with E-state index in [4.69, 9.17) is 5.26 Å². The van der Waals surface area contributed by atoms with Crippen molar-refractivity contribution >= 4 is 27.7 Å². The lowest BCUT2D eigenvalue weighted by Gasteiger charge is -2.32. The Labute approximate surface area is 155 Å². The first-order valence-electron chi connectivity index (χ1n) is 8.29. The number of nitrogens with one attached hydrogen (secondary N) is 1. The monoisotopic (exact) mass is 398 g/mol. The summed E-state index contributed by atoms with van der Waals surface area (Å²) in [7, 11) is 0. The maximum Gasteiger partial charge on any atom is 0.226 e. The summed E-state index contributed by atoms with van der Waals surface area (Å²) in [6.07, 6.45) is 3.81. The van der Waals surface area contributed by atoms with Gasteiger partial charge in [0.25, 0.3) is 0 Å². The number of nitriles is 1. The molecule has 1 N–H and O–H groups in total. The van der Waals surface area contributed by atoms with Gasteiger partial charge in [-0.3, -0.25) is 4.79 Å². The van der Waals surface area contributed by atoms with Gasteiger partial charge < -0.3 is 10.2 Å². The van der Waals surface area contributed by atoms with Crippen molar-refractivity contribution in [3.63, 3.8) is 0 Å². The van der Waals surface area contributed by atoms with Gasteiger partial charge in [0.15, 0.2) is 0 Å². The minimum atomic E-state index is 0.178. The first kappa shape index (κ1) is 17.4. The van der Waals surface area contributed by atoms with E-state index in [0.29, 0.717) is 18.0 Å². The summed E-state index contributed by atoms with van der Waals surface area (Å²) in [5.74, 6) is 0.955. The van der Waals surface area contributed by atoms with Gasteiger partial charge in [-0.1, -0.05) is 28.1 Å². The highest BCUT2D eigenvalue weighted by Gasteiger charge is 2.22. The Balaban J connectivity index is 1.48. The Kier molecular flexibility index (Phi) is 5.67. The summed E-state index contributed by atoms with van der Waals surface area (Å²) >= 11 is 3.41. The third kappa shape index (κ3) is 4.80. The Bertz CT molecular complexity index is 760. The van der Waals surface area contributed by atoms with E-state index in [-0.39, 0.29) is 5.91 Å². The van der Waals surface area contributed by atoms with Crippen LogP contribution < -0.4 is 5.32 Å². The van der Waals surface area contributed by atoms with Crippen LogP contribution in [0, 0.1) is 11.3 Å². The molecule has 1 aliphatic heterocycles. The van der Waals surface area contributed by atoms with Gasteiger partial charge in [0.05, 0.1) is 12.0 Å². The quantitative estimate of drug-likeness (QED) is 0.856. The second kappa shape index (κ2) is 8.13. The normalized spacial score (nSPS) is 14.8. The number of hydrogen-bond donors (Lipinski definition) is 1. The van der Waals surface area contributed by atoms with Gasteiger partial charge in [0, 0.05) is 29.8 Å². The zero-order valence-electron chi connectivity index (χ0n) is 13.8. The van der Waals surface area contributed by atoms with Crippen molar-refractivity contribution < 1.29 is 4.79 Å². The lowest BCUT2D eigenvalue weighted by Crippen LogP contribution is -2.43. The number of nitrogens with zero attached hydrogens (tertiary/aromatic N) is 3. The predicted molar refractivity (Wildman–Crippen MR) is 100 cm³/mol. The molecule has 1 amide bonds. The summed E-state index contributed by atoms with van der Waals surface area (Å²) in [6, 6.07) is 13.8. The molecule has 0 aliphatic carbocycles. The number of pyridine rings is 1. The highest BCUT2D eigenvalue weighted by molar-refractivity contribution is 9.10. The standard InChI is InChI=1S/C19H19BrN4O/c20-16-4-1-14(2-5-16)11-19(25)24-9-7-17(8-10-24)23-18-6-3-15(12-21)13-22-18/h1-6,13,17H,7-11H2,(H,22,23). The van der Waals surface area contributed by atoms with Crippen LogP contribution in [0.5, 0.6) is 0 Å². The second-order valence-corrected chi connectivity index (χ2v) is 7.06. The number of carbonyl (C=O) groups is 1. The third-order valence-electron chi connectivity index (χ3n) is 4.36. The molecular weight excluding hydrogens is 380 g/mol. The topological polar surface area (TPSA) is 69.0 Å². The first-order valence-corrected chi connectivity index (χ1v) is 9.08. The number of amides is 1. The van der Waals surface area contributed by atoms with E-state index < -0.39 is 0 Å². The van der Waals surface area contributed by atoms with Gasteiger partial charge in [-0.15, -0.1) is 0 Å². The largest absolute Gasteiger partial charge is 0.367 e. The average molecular weight is 399 g/mol. The van der Waals surface area contributed by atoms with Gasteiger partial charge in [0.2, 0.25) is 5.91 Å². The SMILES string of the molecule is N#Cc1ccc(NC2CCN(C(=O)Cc3ccc(Br)cc3)CC2)nc1. The van der Waals surface area contributed by atoms with Crippen LogP contribution in [0.3, 0.4) is 0 Å². The van der Waals surface area contributed by atoms with E-state index in [9.17, 15) is 4.79 Å².